The molecule has 40 heavy (non-hydrogen) atoms. The molecule has 2 bridgehead atoms. The minimum absolute atomic E-state index is 0.101. The lowest BCUT2D eigenvalue weighted by Crippen LogP contribution is -2.51. The summed E-state index contributed by atoms with van der Waals surface area (Å²) in [4.78, 5) is 14.0. The van der Waals surface area contributed by atoms with Gasteiger partial charge in [0.2, 0.25) is 0 Å². The summed E-state index contributed by atoms with van der Waals surface area (Å²) < 4.78 is 24.5. The SMILES string of the molecule is C/C=C/CCCCC[C@@H]1C=C2C(OCc3ccc(OC)cc3)[C@H](C(=O)CCC23COC(C)(C)OC3)[C@H]1CCC#N. The Balaban J connectivity index is 1.66. The lowest BCUT2D eigenvalue weighted by Gasteiger charge is -2.49. The average molecular weight is 550 g/mol. The van der Waals surface area contributed by atoms with Crippen LogP contribution in [-0.4, -0.2) is 38.0 Å². The number of fused-ring (bicyclic) bond motifs is 3. The van der Waals surface area contributed by atoms with E-state index in [4.69, 9.17) is 18.9 Å². The summed E-state index contributed by atoms with van der Waals surface area (Å²) in [7, 11) is 1.66. The molecule has 2 fully saturated rings. The summed E-state index contributed by atoms with van der Waals surface area (Å²) in [6, 6.07) is 10.2. The number of benzene rings is 1. The maximum Gasteiger partial charge on any atom is 0.162 e. The van der Waals surface area contributed by atoms with Crippen LogP contribution in [0.3, 0.4) is 0 Å². The van der Waals surface area contributed by atoms with Crippen molar-refractivity contribution in [1.29, 1.82) is 5.26 Å². The second-order valence-electron chi connectivity index (χ2n) is 12.2. The van der Waals surface area contributed by atoms with E-state index in [0.29, 0.717) is 39.1 Å². The van der Waals surface area contributed by atoms with Crippen molar-refractivity contribution in [2.24, 2.45) is 23.2 Å². The number of carbonyl (C=O) groups is 1. The number of nitrogens with zero attached hydrogens (tertiary/aromatic N) is 1. The molecule has 1 saturated heterocycles. The van der Waals surface area contributed by atoms with Gasteiger partial charge in [-0.2, -0.15) is 5.26 Å². The molecule has 4 atom stereocenters. The van der Waals surface area contributed by atoms with Crippen LogP contribution < -0.4 is 4.74 Å². The molecule has 3 aliphatic rings. The smallest absolute Gasteiger partial charge is 0.162 e. The van der Waals surface area contributed by atoms with Gasteiger partial charge in [0, 0.05) is 18.3 Å². The van der Waals surface area contributed by atoms with Crippen molar-refractivity contribution in [3.8, 4) is 11.8 Å². The molecule has 6 heteroatoms. The number of hydrogen-bond acceptors (Lipinski definition) is 6. The minimum atomic E-state index is -0.642. The van der Waals surface area contributed by atoms with E-state index in [9.17, 15) is 10.1 Å². The maximum atomic E-state index is 14.0. The minimum Gasteiger partial charge on any atom is -0.497 e. The first kappa shape index (κ1) is 30.5. The van der Waals surface area contributed by atoms with Crippen LogP contribution in [0.4, 0.5) is 0 Å². The van der Waals surface area contributed by atoms with E-state index in [2.05, 4.69) is 31.2 Å². The van der Waals surface area contributed by atoms with Crippen molar-refractivity contribution in [3.05, 3.63) is 53.6 Å². The topological polar surface area (TPSA) is 77.8 Å². The van der Waals surface area contributed by atoms with Gasteiger partial charge < -0.3 is 18.9 Å². The molecule has 1 spiro atoms. The average Bonchev–Trinajstić information content (AvgIpc) is 3.03. The molecular formula is C34H47NO5. The Hall–Kier alpha value is -2.46. The number of Topliss-reactive ketones (excluding diaryl/α,β-unsaturated/α-hetero) is 1. The number of carbonyl (C=O) groups excluding carboxylic acids is 1. The van der Waals surface area contributed by atoms with Crippen molar-refractivity contribution in [3.63, 3.8) is 0 Å². The summed E-state index contributed by atoms with van der Waals surface area (Å²) in [5.74, 6) is 0.504. The quantitative estimate of drug-likeness (QED) is 0.201. The van der Waals surface area contributed by atoms with Crippen molar-refractivity contribution in [2.45, 2.75) is 97.1 Å². The van der Waals surface area contributed by atoms with Gasteiger partial charge >= 0.3 is 0 Å². The molecule has 1 heterocycles. The van der Waals surface area contributed by atoms with Crippen LogP contribution in [0.2, 0.25) is 0 Å². The Morgan fingerprint density at radius 3 is 2.52 bits per heavy atom. The van der Waals surface area contributed by atoms with Gasteiger partial charge in [-0.3, -0.25) is 4.79 Å². The third-order valence-electron chi connectivity index (χ3n) is 9.09. The predicted octanol–water partition coefficient (Wildman–Crippen LogP) is 7.33. The fraction of sp³-hybridized carbons (Fsp3) is 0.647. The number of methoxy groups -OCH3 is 1. The third-order valence-corrected chi connectivity index (χ3v) is 9.09. The van der Waals surface area contributed by atoms with E-state index >= 15 is 0 Å². The molecule has 0 aromatic heterocycles. The number of allylic oxidation sites excluding steroid dienone is 3. The number of ketones is 1. The van der Waals surface area contributed by atoms with Gasteiger partial charge in [-0.1, -0.05) is 43.2 Å². The number of rotatable bonds is 12. The molecule has 1 aromatic rings. The van der Waals surface area contributed by atoms with E-state index in [1.165, 1.54) is 12.0 Å². The molecule has 0 amide bonds. The van der Waals surface area contributed by atoms with Crippen LogP contribution in [0.25, 0.3) is 0 Å². The van der Waals surface area contributed by atoms with Gasteiger partial charge in [-0.05, 0) is 88.0 Å². The highest BCUT2D eigenvalue weighted by Crippen LogP contribution is 2.53. The highest BCUT2D eigenvalue weighted by atomic mass is 16.7. The molecule has 4 rings (SSSR count). The summed E-state index contributed by atoms with van der Waals surface area (Å²) in [5, 5.41) is 9.50. The standard InChI is InChI=1S/C34H47NO5/c1-5-6-7-8-9-10-12-26-21-29-32(38-22-25-14-16-27(37-4)17-15-25)31(28(26)13-11-20-35)30(36)18-19-34(29)23-39-33(2,3)40-24-34/h5-6,14-17,21,26,28,31-32H,7-13,18-19,22-24H2,1-4H3/b6-5+/t26-,28+,31+,32?/m1/s1. The van der Waals surface area contributed by atoms with Crippen molar-refractivity contribution < 1.29 is 23.7 Å². The first-order chi connectivity index (χ1) is 19.3. The van der Waals surface area contributed by atoms with Gasteiger partial charge in [0.1, 0.15) is 11.5 Å². The van der Waals surface area contributed by atoms with Crippen LogP contribution in [0.15, 0.2) is 48.1 Å². The van der Waals surface area contributed by atoms with E-state index in [-0.39, 0.29) is 35.1 Å². The Morgan fingerprint density at radius 2 is 1.85 bits per heavy atom. The molecule has 1 saturated carbocycles. The first-order valence-corrected chi connectivity index (χ1v) is 15.1. The predicted molar refractivity (Wildman–Crippen MR) is 156 cm³/mol. The molecule has 218 valence electrons. The molecule has 0 N–H and O–H groups in total. The summed E-state index contributed by atoms with van der Waals surface area (Å²) >= 11 is 0. The molecule has 1 unspecified atom stereocenters. The second kappa shape index (κ2) is 13.9. The van der Waals surface area contributed by atoms with E-state index in [1.54, 1.807) is 7.11 Å². The second-order valence-corrected chi connectivity index (χ2v) is 12.2. The number of unbranched alkanes of at least 4 members (excludes halogenated alkanes) is 3. The molecule has 0 radical (unpaired) electrons. The van der Waals surface area contributed by atoms with Crippen LogP contribution in [0, 0.1) is 34.5 Å². The largest absolute Gasteiger partial charge is 0.497 e. The van der Waals surface area contributed by atoms with Crippen molar-refractivity contribution in [2.75, 3.05) is 20.3 Å². The Kier molecular flexibility index (Phi) is 10.6. The highest BCUT2D eigenvalue weighted by Gasteiger charge is 2.54. The lowest BCUT2D eigenvalue weighted by molar-refractivity contribution is -0.281. The zero-order valence-corrected chi connectivity index (χ0v) is 24.8. The molecule has 6 nitrogen and oxygen atoms in total. The van der Waals surface area contributed by atoms with Crippen LogP contribution in [0.5, 0.6) is 5.75 Å². The van der Waals surface area contributed by atoms with Gasteiger partial charge in [-0.25, -0.2) is 0 Å². The van der Waals surface area contributed by atoms with E-state index < -0.39 is 5.79 Å². The third kappa shape index (κ3) is 7.24. The van der Waals surface area contributed by atoms with Crippen LogP contribution in [0.1, 0.15) is 84.1 Å². The Labute approximate surface area is 240 Å². The van der Waals surface area contributed by atoms with Gasteiger partial charge in [0.25, 0.3) is 0 Å². The monoisotopic (exact) mass is 549 g/mol. The zero-order chi connectivity index (χ0) is 28.6. The number of ether oxygens (including phenoxy) is 4. The molecule has 1 aliphatic heterocycles. The van der Waals surface area contributed by atoms with Gasteiger partial charge in [0.15, 0.2) is 5.79 Å². The van der Waals surface area contributed by atoms with Gasteiger partial charge in [0.05, 0.1) is 45.0 Å². The highest BCUT2D eigenvalue weighted by molar-refractivity contribution is 5.83. The lowest BCUT2D eigenvalue weighted by atomic mass is 9.63. The van der Waals surface area contributed by atoms with Crippen LogP contribution >= 0.6 is 0 Å². The molecule has 1 aromatic carbocycles. The Bertz CT molecular complexity index is 1070. The fourth-order valence-corrected chi connectivity index (χ4v) is 6.72. The normalized spacial score (nSPS) is 27.3. The number of hydrogen-bond donors (Lipinski definition) is 0. The Morgan fingerprint density at radius 1 is 1.10 bits per heavy atom. The van der Waals surface area contributed by atoms with Crippen molar-refractivity contribution in [1.82, 2.24) is 0 Å². The van der Waals surface area contributed by atoms with Crippen molar-refractivity contribution >= 4 is 5.78 Å². The summed E-state index contributed by atoms with van der Waals surface area (Å²) in [6.07, 6.45) is 14.3. The number of nitriles is 1. The van der Waals surface area contributed by atoms with Gasteiger partial charge in [-0.15, -0.1) is 0 Å². The van der Waals surface area contributed by atoms with Crippen LogP contribution in [-0.2, 0) is 25.6 Å². The summed E-state index contributed by atoms with van der Waals surface area (Å²) in [5.41, 5.74) is 1.84. The first-order valence-electron chi connectivity index (χ1n) is 15.1. The zero-order valence-electron chi connectivity index (χ0n) is 24.8. The molecule has 2 aliphatic carbocycles. The summed E-state index contributed by atoms with van der Waals surface area (Å²) in [6.45, 7) is 7.41. The fourth-order valence-electron chi connectivity index (χ4n) is 6.72. The molecular weight excluding hydrogens is 502 g/mol. The van der Waals surface area contributed by atoms with E-state index in [0.717, 1.165) is 43.4 Å². The maximum absolute atomic E-state index is 14.0. The van der Waals surface area contributed by atoms with E-state index in [1.807, 2.05) is 38.1 Å².